The summed E-state index contributed by atoms with van der Waals surface area (Å²) in [6.07, 6.45) is -0.00130. The van der Waals surface area contributed by atoms with Crippen LogP contribution in [-0.4, -0.2) is 31.3 Å². The van der Waals surface area contributed by atoms with E-state index in [0.717, 1.165) is 5.56 Å². The molecule has 0 aliphatic carbocycles. The number of benzene rings is 1. The van der Waals surface area contributed by atoms with E-state index in [1.807, 2.05) is 37.3 Å². The van der Waals surface area contributed by atoms with Crippen molar-refractivity contribution in [3.8, 4) is 0 Å². The highest BCUT2D eigenvalue weighted by molar-refractivity contribution is 5.69. The predicted octanol–water partition coefficient (Wildman–Crippen LogP) is 1.61. The fourth-order valence-electron chi connectivity index (χ4n) is 2.05. The third kappa shape index (κ3) is 3.54. The molecule has 0 aliphatic heterocycles. The summed E-state index contributed by atoms with van der Waals surface area (Å²) in [5, 5.41) is 12.3. The molecule has 2 N–H and O–H groups in total. The Bertz CT molecular complexity index is 345. The van der Waals surface area contributed by atoms with Gasteiger partial charge in [0, 0.05) is 7.11 Å². The third-order valence-electron chi connectivity index (χ3n) is 2.69. The molecule has 0 fully saturated rings. The molecule has 0 heterocycles. The second-order valence-corrected chi connectivity index (χ2v) is 3.98. The molecule has 1 unspecified atom stereocenters. The number of rotatable bonds is 7. The highest BCUT2D eigenvalue weighted by Gasteiger charge is 2.33. The monoisotopic (exact) mass is 237 g/mol. The summed E-state index contributed by atoms with van der Waals surface area (Å²) in [6, 6.07) is 9.56. The van der Waals surface area contributed by atoms with Gasteiger partial charge in [-0.1, -0.05) is 37.3 Å². The summed E-state index contributed by atoms with van der Waals surface area (Å²) >= 11 is 0. The van der Waals surface area contributed by atoms with Gasteiger partial charge in [0.1, 0.15) is 0 Å². The number of ether oxygens (including phenoxy) is 1. The van der Waals surface area contributed by atoms with Crippen molar-refractivity contribution >= 4 is 5.97 Å². The van der Waals surface area contributed by atoms with Gasteiger partial charge in [-0.2, -0.15) is 0 Å². The van der Waals surface area contributed by atoms with Crippen LogP contribution in [0.1, 0.15) is 18.9 Å². The number of hydrogen-bond donors (Lipinski definition) is 2. The van der Waals surface area contributed by atoms with E-state index in [9.17, 15) is 4.79 Å². The molecule has 0 spiro atoms. The summed E-state index contributed by atoms with van der Waals surface area (Å²) in [6.45, 7) is 2.97. The lowest BCUT2D eigenvalue weighted by Gasteiger charge is -2.33. The summed E-state index contributed by atoms with van der Waals surface area (Å²) in [5.74, 6) is -0.841. The standard InChI is InChI=1S/C13H19NO3/c1-3-14-13(10-17-2,9-12(15)16)11-7-5-4-6-8-11/h4-8,14H,3,9-10H2,1-2H3,(H,15,16). The molecule has 0 saturated carbocycles. The van der Waals surface area contributed by atoms with Crippen LogP contribution in [0.5, 0.6) is 0 Å². The average molecular weight is 237 g/mol. The third-order valence-corrected chi connectivity index (χ3v) is 2.69. The zero-order chi connectivity index (χ0) is 12.7. The Hall–Kier alpha value is -1.39. The highest BCUT2D eigenvalue weighted by atomic mass is 16.5. The Balaban J connectivity index is 3.09. The Kier molecular flexibility index (Phi) is 5.12. The maximum absolute atomic E-state index is 11.0. The molecular formula is C13H19NO3. The van der Waals surface area contributed by atoms with Crippen LogP contribution in [0, 0.1) is 0 Å². The van der Waals surface area contributed by atoms with Crippen LogP contribution in [0.3, 0.4) is 0 Å². The van der Waals surface area contributed by atoms with Crippen molar-refractivity contribution in [3.05, 3.63) is 35.9 Å². The first kappa shape index (κ1) is 13.7. The summed E-state index contributed by atoms with van der Waals surface area (Å²) < 4.78 is 5.19. The predicted molar refractivity (Wildman–Crippen MR) is 65.9 cm³/mol. The lowest BCUT2D eigenvalue weighted by atomic mass is 9.87. The molecule has 0 saturated heterocycles. The second-order valence-electron chi connectivity index (χ2n) is 3.98. The Morgan fingerprint density at radius 1 is 1.41 bits per heavy atom. The van der Waals surface area contributed by atoms with Crippen LogP contribution in [0.2, 0.25) is 0 Å². The molecule has 17 heavy (non-hydrogen) atoms. The maximum atomic E-state index is 11.0. The van der Waals surface area contributed by atoms with Crippen molar-refractivity contribution in [1.29, 1.82) is 0 Å². The Morgan fingerprint density at radius 3 is 2.53 bits per heavy atom. The first-order valence-corrected chi connectivity index (χ1v) is 5.66. The lowest BCUT2D eigenvalue weighted by Crippen LogP contribution is -2.47. The van der Waals surface area contributed by atoms with Gasteiger partial charge in [0.05, 0.1) is 18.6 Å². The van der Waals surface area contributed by atoms with Gasteiger partial charge in [-0.15, -0.1) is 0 Å². The van der Waals surface area contributed by atoms with E-state index in [1.54, 1.807) is 7.11 Å². The first-order valence-electron chi connectivity index (χ1n) is 5.66. The van der Waals surface area contributed by atoms with Gasteiger partial charge in [0.2, 0.25) is 0 Å². The van der Waals surface area contributed by atoms with Crippen LogP contribution in [0.4, 0.5) is 0 Å². The summed E-state index contributed by atoms with van der Waals surface area (Å²) in [4.78, 5) is 11.0. The van der Waals surface area contributed by atoms with Crippen molar-refractivity contribution in [2.75, 3.05) is 20.3 Å². The topological polar surface area (TPSA) is 58.6 Å². The zero-order valence-electron chi connectivity index (χ0n) is 10.3. The molecule has 0 bridgehead atoms. The van der Waals surface area contributed by atoms with E-state index in [1.165, 1.54) is 0 Å². The van der Waals surface area contributed by atoms with Gasteiger partial charge in [-0.3, -0.25) is 4.79 Å². The highest BCUT2D eigenvalue weighted by Crippen LogP contribution is 2.25. The number of aliphatic carboxylic acids is 1. The number of nitrogens with one attached hydrogen (secondary N) is 1. The van der Waals surface area contributed by atoms with Crippen LogP contribution in [0.25, 0.3) is 0 Å². The number of carbonyl (C=O) groups is 1. The number of likely N-dealkylation sites (N-methyl/N-ethyl adjacent to an activating group) is 1. The largest absolute Gasteiger partial charge is 0.481 e. The average Bonchev–Trinajstić information content (AvgIpc) is 2.30. The van der Waals surface area contributed by atoms with Crippen LogP contribution < -0.4 is 5.32 Å². The van der Waals surface area contributed by atoms with Crippen LogP contribution >= 0.6 is 0 Å². The van der Waals surface area contributed by atoms with Gasteiger partial charge in [0.15, 0.2) is 0 Å². The smallest absolute Gasteiger partial charge is 0.305 e. The molecule has 4 heteroatoms. The molecule has 4 nitrogen and oxygen atoms in total. The van der Waals surface area contributed by atoms with Gasteiger partial charge in [-0.05, 0) is 12.1 Å². The van der Waals surface area contributed by atoms with E-state index < -0.39 is 11.5 Å². The van der Waals surface area contributed by atoms with Crippen molar-refractivity contribution in [1.82, 2.24) is 5.32 Å². The zero-order valence-corrected chi connectivity index (χ0v) is 10.3. The van der Waals surface area contributed by atoms with Crippen molar-refractivity contribution in [3.63, 3.8) is 0 Å². The van der Waals surface area contributed by atoms with Crippen LogP contribution in [0.15, 0.2) is 30.3 Å². The van der Waals surface area contributed by atoms with Gasteiger partial charge < -0.3 is 15.2 Å². The minimum Gasteiger partial charge on any atom is -0.481 e. The molecule has 0 radical (unpaired) electrons. The van der Waals surface area contributed by atoms with Crippen molar-refractivity contribution in [2.24, 2.45) is 0 Å². The molecule has 1 atom stereocenters. The number of hydrogen-bond acceptors (Lipinski definition) is 3. The lowest BCUT2D eigenvalue weighted by molar-refractivity contribution is -0.139. The van der Waals surface area contributed by atoms with Crippen molar-refractivity contribution in [2.45, 2.75) is 18.9 Å². The molecule has 0 aromatic heterocycles. The summed E-state index contributed by atoms with van der Waals surface area (Å²) in [7, 11) is 1.58. The fourth-order valence-corrected chi connectivity index (χ4v) is 2.05. The minimum atomic E-state index is -0.841. The van der Waals surface area contributed by atoms with E-state index in [0.29, 0.717) is 13.2 Å². The molecule has 1 rings (SSSR count). The molecule has 94 valence electrons. The summed E-state index contributed by atoms with van der Waals surface area (Å²) in [5.41, 5.74) is 0.280. The minimum absolute atomic E-state index is 0.00130. The van der Waals surface area contributed by atoms with E-state index in [2.05, 4.69) is 5.32 Å². The van der Waals surface area contributed by atoms with Gasteiger partial charge >= 0.3 is 5.97 Å². The maximum Gasteiger partial charge on any atom is 0.305 e. The normalized spacial score (nSPS) is 14.2. The molecule has 0 amide bonds. The number of methoxy groups -OCH3 is 1. The molecular weight excluding hydrogens is 218 g/mol. The molecule has 1 aromatic carbocycles. The quantitative estimate of drug-likeness (QED) is 0.756. The molecule has 1 aromatic rings. The fraction of sp³-hybridized carbons (Fsp3) is 0.462. The van der Waals surface area contributed by atoms with Crippen LogP contribution in [-0.2, 0) is 15.1 Å². The van der Waals surface area contributed by atoms with E-state index in [-0.39, 0.29) is 6.42 Å². The number of carboxylic acid groups (broad SMARTS) is 1. The number of carboxylic acids is 1. The first-order chi connectivity index (χ1) is 8.14. The Morgan fingerprint density at radius 2 is 2.06 bits per heavy atom. The SMILES string of the molecule is CCNC(COC)(CC(=O)O)c1ccccc1. The van der Waals surface area contributed by atoms with Gasteiger partial charge in [-0.25, -0.2) is 0 Å². The molecule has 0 aliphatic rings. The van der Waals surface area contributed by atoms with Gasteiger partial charge in [0.25, 0.3) is 0 Å². The van der Waals surface area contributed by atoms with Crippen molar-refractivity contribution < 1.29 is 14.6 Å². The van der Waals surface area contributed by atoms with E-state index in [4.69, 9.17) is 9.84 Å². The second kappa shape index (κ2) is 6.37. The van der Waals surface area contributed by atoms with E-state index >= 15 is 0 Å². The Labute approximate surface area is 102 Å².